The standard InChI is InChI=1S/C18H18N2O3/c21-18-14(12-1-4-16-17(6-12)23-10-22-16)2-3-15-13-5-11(7-19-8-13)9-20(15)18/h1-4,6,11,13,19H,5,7-10H2. The molecular formula is C18H18N2O3. The molecule has 0 radical (unpaired) electrons. The van der Waals surface area contributed by atoms with Gasteiger partial charge in [-0.1, -0.05) is 6.07 Å². The van der Waals surface area contributed by atoms with Crippen LogP contribution in [-0.4, -0.2) is 24.4 Å². The van der Waals surface area contributed by atoms with E-state index in [4.69, 9.17) is 9.47 Å². The van der Waals surface area contributed by atoms with Gasteiger partial charge in [-0.2, -0.15) is 0 Å². The minimum Gasteiger partial charge on any atom is -0.454 e. The van der Waals surface area contributed by atoms with E-state index in [9.17, 15) is 4.79 Å². The molecule has 1 saturated heterocycles. The third-order valence-electron chi connectivity index (χ3n) is 5.19. The summed E-state index contributed by atoms with van der Waals surface area (Å²) in [5.41, 5.74) is 2.91. The Hall–Kier alpha value is -2.27. The first-order valence-corrected chi connectivity index (χ1v) is 8.14. The molecule has 1 aromatic carbocycles. The Kier molecular flexibility index (Phi) is 2.79. The van der Waals surface area contributed by atoms with Gasteiger partial charge < -0.3 is 19.4 Å². The predicted octanol–water partition coefficient (Wildman–Crippen LogP) is 1.95. The molecule has 1 N–H and O–H groups in total. The fourth-order valence-electron chi connectivity index (χ4n) is 4.07. The molecule has 5 heteroatoms. The van der Waals surface area contributed by atoms with Gasteiger partial charge in [0.2, 0.25) is 6.79 Å². The van der Waals surface area contributed by atoms with E-state index in [1.807, 2.05) is 28.8 Å². The van der Waals surface area contributed by atoms with Gasteiger partial charge in [0.15, 0.2) is 11.5 Å². The molecule has 0 spiro atoms. The molecule has 2 aromatic rings. The number of nitrogens with zero attached hydrogens (tertiary/aromatic N) is 1. The van der Waals surface area contributed by atoms with Crippen molar-refractivity contribution in [1.29, 1.82) is 0 Å². The van der Waals surface area contributed by atoms with E-state index >= 15 is 0 Å². The number of pyridine rings is 1. The van der Waals surface area contributed by atoms with Crippen LogP contribution >= 0.6 is 0 Å². The quantitative estimate of drug-likeness (QED) is 0.875. The molecule has 23 heavy (non-hydrogen) atoms. The molecule has 118 valence electrons. The summed E-state index contributed by atoms with van der Waals surface area (Å²) in [7, 11) is 0. The summed E-state index contributed by atoms with van der Waals surface area (Å²) in [5.74, 6) is 2.48. The van der Waals surface area contributed by atoms with E-state index in [2.05, 4.69) is 11.4 Å². The lowest BCUT2D eigenvalue weighted by Crippen LogP contribution is -2.45. The van der Waals surface area contributed by atoms with E-state index in [0.29, 0.717) is 17.6 Å². The van der Waals surface area contributed by atoms with Crippen molar-refractivity contribution in [2.45, 2.75) is 18.9 Å². The van der Waals surface area contributed by atoms with Gasteiger partial charge >= 0.3 is 0 Å². The number of benzene rings is 1. The number of aromatic nitrogens is 1. The highest BCUT2D eigenvalue weighted by molar-refractivity contribution is 5.67. The Morgan fingerprint density at radius 1 is 1.09 bits per heavy atom. The van der Waals surface area contributed by atoms with Crippen LogP contribution in [0.3, 0.4) is 0 Å². The van der Waals surface area contributed by atoms with Crippen LogP contribution in [0.1, 0.15) is 18.0 Å². The predicted molar refractivity (Wildman–Crippen MR) is 86.0 cm³/mol. The van der Waals surface area contributed by atoms with Crippen molar-refractivity contribution in [2.24, 2.45) is 5.92 Å². The largest absolute Gasteiger partial charge is 0.454 e. The lowest BCUT2D eigenvalue weighted by molar-refractivity contribution is 0.174. The fraction of sp³-hybridized carbons (Fsp3) is 0.389. The zero-order valence-electron chi connectivity index (χ0n) is 12.7. The van der Waals surface area contributed by atoms with Crippen molar-refractivity contribution >= 4 is 0 Å². The number of piperidine rings is 1. The summed E-state index contributed by atoms with van der Waals surface area (Å²) >= 11 is 0. The molecule has 5 rings (SSSR count). The van der Waals surface area contributed by atoms with Crippen molar-refractivity contribution in [3.8, 4) is 22.6 Å². The summed E-state index contributed by atoms with van der Waals surface area (Å²) in [5, 5.41) is 3.48. The maximum Gasteiger partial charge on any atom is 0.258 e. The third-order valence-corrected chi connectivity index (χ3v) is 5.19. The number of rotatable bonds is 1. The van der Waals surface area contributed by atoms with Crippen LogP contribution in [0, 0.1) is 5.92 Å². The fourth-order valence-corrected chi connectivity index (χ4v) is 4.07. The van der Waals surface area contributed by atoms with Gasteiger partial charge in [0.1, 0.15) is 0 Å². The number of fused-ring (bicyclic) bond motifs is 5. The van der Waals surface area contributed by atoms with Crippen molar-refractivity contribution in [3.05, 3.63) is 46.4 Å². The van der Waals surface area contributed by atoms with Gasteiger partial charge in [0, 0.05) is 30.3 Å². The van der Waals surface area contributed by atoms with Crippen LogP contribution < -0.4 is 20.3 Å². The molecular weight excluding hydrogens is 292 g/mol. The summed E-state index contributed by atoms with van der Waals surface area (Å²) in [6, 6.07) is 9.79. The Morgan fingerprint density at radius 3 is 2.96 bits per heavy atom. The zero-order chi connectivity index (χ0) is 15.4. The molecule has 2 unspecified atom stereocenters. The van der Waals surface area contributed by atoms with Crippen LogP contribution in [-0.2, 0) is 6.54 Å². The number of ether oxygens (including phenoxy) is 2. The lowest BCUT2D eigenvalue weighted by Gasteiger charge is -2.37. The van der Waals surface area contributed by atoms with E-state index in [0.717, 1.165) is 36.5 Å². The van der Waals surface area contributed by atoms with Crippen molar-refractivity contribution < 1.29 is 9.47 Å². The number of nitrogens with one attached hydrogen (secondary N) is 1. The smallest absolute Gasteiger partial charge is 0.258 e. The molecule has 1 fully saturated rings. The second-order valence-electron chi connectivity index (χ2n) is 6.61. The highest BCUT2D eigenvalue weighted by Crippen LogP contribution is 2.36. The molecule has 3 aliphatic heterocycles. The van der Waals surface area contributed by atoms with Crippen molar-refractivity contribution in [2.75, 3.05) is 19.9 Å². The molecule has 0 saturated carbocycles. The van der Waals surface area contributed by atoms with E-state index in [1.165, 1.54) is 12.1 Å². The number of hydrogen-bond donors (Lipinski definition) is 1. The Bertz CT molecular complexity index is 843. The van der Waals surface area contributed by atoms with E-state index in [-0.39, 0.29) is 12.4 Å². The van der Waals surface area contributed by atoms with E-state index < -0.39 is 0 Å². The van der Waals surface area contributed by atoms with E-state index in [1.54, 1.807) is 0 Å². The molecule has 0 aliphatic carbocycles. The topological polar surface area (TPSA) is 52.5 Å². The molecule has 3 aliphatic rings. The van der Waals surface area contributed by atoms with Crippen molar-refractivity contribution in [1.82, 2.24) is 9.88 Å². The average molecular weight is 310 g/mol. The molecule has 4 heterocycles. The second-order valence-corrected chi connectivity index (χ2v) is 6.61. The molecule has 0 amide bonds. The summed E-state index contributed by atoms with van der Waals surface area (Å²) in [6.07, 6.45) is 1.19. The SMILES string of the molecule is O=c1c(-c2ccc3c(c2)OCO3)ccc2n1CC1CNCC2C1. The maximum atomic E-state index is 13.0. The summed E-state index contributed by atoms with van der Waals surface area (Å²) in [6.45, 7) is 3.05. The molecule has 5 nitrogen and oxygen atoms in total. The monoisotopic (exact) mass is 310 g/mol. The summed E-state index contributed by atoms with van der Waals surface area (Å²) in [4.78, 5) is 13.0. The molecule has 2 atom stereocenters. The molecule has 1 aromatic heterocycles. The molecule has 2 bridgehead atoms. The van der Waals surface area contributed by atoms with Crippen LogP contribution in [0.4, 0.5) is 0 Å². The van der Waals surface area contributed by atoms with Gasteiger partial charge in [0.25, 0.3) is 5.56 Å². The average Bonchev–Trinajstić information content (AvgIpc) is 3.04. The van der Waals surface area contributed by atoms with Gasteiger partial charge in [-0.15, -0.1) is 0 Å². The first-order valence-electron chi connectivity index (χ1n) is 8.14. The summed E-state index contributed by atoms with van der Waals surface area (Å²) < 4.78 is 12.8. The third kappa shape index (κ3) is 2.00. The normalized spacial score (nSPS) is 24.3. The first-order chi connectivity index (χ1) is 11.3. The van der Waals surface area contributed by atoms with Crippen molar-refractivity contribution in [3.63, 3.8) is 0 Å². The minimum absolute atomic E-state index is 0.109. The van der Waals surface area contributed by atoms with Crippen LogP contribution in [0.5, 0.6) is 11.5 Å². The number of hydrogen-bond acceptors (Lipinski definition) is 4. The van der Waals surface area contributed by atoms with Crippen LogP contribution in [0.25, 0.3) is 11.1 Å². The minimum atomic E-state index is 0.109. The Labute approximate surface area is 133 Å². The van der Waals surface area contributed by atoms with Gasteiger partial charge in [-0.05, 0) is 48.7 Å². The lowest BCUT2D eigenvalue weighted by atomic mass is 9.84. The first kappa shape index (κ1) is 13.2. The van der Waals surface area contributed by atoms with Gasteiger partial charge in [-0.3, -0.25) is 4.79 Å². The Balaban J connectivity index is 1.63. The highest BCUT2D eigenvalue weighted by atomic mass is 16.7. The second kappa shape index (κ2) is 4.86. The zero-order valence-corrected chi connectivity index (χ0v) is 12.7. The maximum absolute atomic E-state index is 13.0. The van der Waals surface area contributed by atoms with Gasteiger partial charge in [-0.25, -0.2) is 0 Å². The highest BCUT2D eigenvalue weighted by Gasteiger charge is 2.31. The van der Waals surface area contributed by atoms with Crippen LogP contribution in [0.2, 0.25) is 0 Å². The van der Waals surface area contributed by atoms with Gasteiger partial charge in [0.05, 0.1) is 0 Å². The van der Waals surface area contributed by atoms with Crippen LogP contribution in [0.15, 0.2) is 35.1 Å². The Morgan fingerprint density at radius 2 is 2.00 bits per heavy atom.